The van der Waals surface area contributed by atoms with Gasteiger partial charge in [0, 0.05) is 24.0 Å². The second-order valence-corrected chi connectivity index (χ2v) is 6.52. The average molecular weight is 347 g/mol. The molecule has 4 N–H and O–H groups in total. The monoisotopic (exact) mass is 347 g/mol. The topological polar surface area (TPSA) is 92.9 Å². The molecule has 0 amide bonds. The van der Waals surface area contributed by atoms with Gasteiger partial charge in [-0.05, 0) is 54.3 Å². The first-order valence-electron chi connectivity index (χ1n) is 8.77. The Morgan fingerprint density at radius 2 is 2.00 bits per heavy atom. The summed E-state index contributed by atoms with van der Waals surface area (Å²) in [4.78, 5) is 20.0. The van der Waals surface area contributed by atoms with Crippen LogP contribution in [0.15, 0.2) is 36.4 Å². The largest absolute Gasteiger partial charge is 0.372 e. The Bertz CT molecular complexity index is 979. The molecule has 0 bridgehead atoms. The average Bonchev–Trinajstić information content (AvgIpc) is 3.20. The fourth-order valence-corrected chi connectivity index (χ4v) is 3.63. The van der Waals surface area contributed by atoms with Crippen LogP contribution >= 0.6 is 0 Å². The molecule has 132 valence electrons. The molecule has 1 aromatic heterocycles. The second-order valence-electron chi connectivity index (χ2n) is 6.52. The Morgan fingerprint density at radius 3 is 2.73 bits per heavy atom. The van der Waals surface area contributed by atoms with Gasteiger partial charge in [0.15, 0.2) is 0 Å². The van der Waals surface area contributed by atoms with E-state index >= 15 is 0 Å². The molecule has 6 heteroatoms. The molecule has 1 saturated heterocycles. The molecule has 1 aliphatic heterocycles. The van der Waals surface area contributed by atoms with Crippen LogP contribution in [0.3, 0.4) is 0 Å². The molecule has 1 aliphatic rings. The Balaban J connectivity index is 1.82. The number of nitrogens with two attached hydrogens (primary N) is 1. The van der Waals surface area contributed by atoms with E-state index in [9.17, 15) is 4.79 Å². The molecule has 1 atom stereocenters. The number of aldehydes is 1. The lowest BCUT2D eigenvalue weighted by Gasteiger charge is -2.15. The third kappa shape index (κ3) is 2.88. The summed E-state index contributed by atoms with van der Waals surface area (Å²) in [6.45, 7) is 0.992. The zero-order valence-electron chi connectivity index (χ0n) is 14.6. The molecule has 4 rings (SSSR count). The van der Waals surface area contributed by atoms with Gasteiger partial charge in [0.1, 0.15) is 12.1 Å². The fraction of sp³-hybridized carbons (Fsp3) is 0.250. The van der Waals surface area contributed by atoms with E-state index in [4.69, 9.17) is 5.73 Å². The normalized spacial score (nSPS) is 16.7. The van der Waals surface area contributed by atoms with E-state index in [0.29, 0.717) is 5.82 Å². The molecule has 2 aromatic carbocycles. The van der Waals surface area contributed by atoms with Crippen molar-refractivity contribution < 1.29 is 4.79 Å². The van der Waals surface area contributed by atoms with Crippen molar-refractivity contribution in [2.45, 2.75) is 18.9 Å². The maximum Gasteiger partial charge on any atom is 0.222 e. The Hall–Kier alpha value is -2.99. The summed E-state index contributed by atoms with van der Waals surface area (Å²) in [5, 5.41) is 7.45. The predicted octanol–water partition coefficient (Wildman–Crippen LogP) is 3.16. The molecule has 6 nitrogen and oxygen atoms in total. The lowest BCUT2D eigenvalue weighted by atomic mass is 9.94. The van der Waals surface area contributed by atoms with E-state index < -0.39 is 0 Å². The number of nitrogen functional groups attached to an aromatic ring is 1. The number of rotatable bonds is 4. The number of fused-ring (bicyclic) bond motifs is 1. The van der Waals surface area contributed by atoms with Crippen molar-refractivity contribution >= 4 is 29.0 Å². The number of carbonyl (C=O) groups is 1. The molecule has 2 heterocycles. The van der Waals surface area contributed by atoms with Crippen LogP contribution in [0.25, 0.3) is 22.0 Å². The minimum Gasteiger partial charge on any atom is -0.372 e. The van der Waals surface area contributed by atoms with Gasteiger partial charge in [-0.1, -0.05) is 18.2 Å². The Labute approximate surface area is 151 Å². The highest BCUT2D eigenvalue weighted by Gasteiger charge is 2.20. The van der Waals surface area contributed by atoms with Gasteiger partial charge in [0.2, 0.25) is 5.95 Å². The molecule has 0 aliphatic carbocycles. The number of carbonyl (C=O) groups excluding carboxylic acids is 1. The summed E-state index contributed by atoms with van der Waals surface area (Å²) in [6.07, 6.45) is 3.12. The van der Waals surface area contributed by atoms with Crippen LogP contribution < -0.4 is 16.4 Å². The second kappa shape index (κ2) is 6.72. The SMILES string of the molecule is CNc1nc(N)nc2cc(-c3ccc(C=O)c(C4CCCN4)c3)ccc12. The number of benzene rings is 2. The molecule has 0 saturated carbocycles. The van der Waals surface area contributed by atoms with E-state index in [1.165, 1.54) is 0 Å². The van der Waals surface area contributed by atoms with Gasteiger partial charge in [-0.3, -0.25) is 4.79 Å². The van der Waals surface area contributed by atoms with Gasteiger partial charge >= 0.3 is 0 Å². The van der Waals surface area contributed by atoms with Crippen molar-refractivity contribution in [3.05, 3.63) is 47.5 Å². The summed E-state index contributed by atoms with van der Waals surface area (Å²) in [7, 11) is 1.81. The molecular weight excluding hydrogens is 326 g/mol. The lowest BCUT2D eigenvalue weighted by Crippen LogP contribution is -2.14. The quantitative estimate of drug-likeness (QED) is 0.628. The maximum atomic E-state index is 11.4. The predicted molar refractivity (Wildman–Crippen MR) is 104 cm³/mol. The third-order valence-corrected chi connectivity index (χ3v) is 4.93. The highest BCUT2D eigenvalue weighted by atomic mass is 16.1. The van der Waals surface area contributed by atoms with E-state index in [2.05, 4.69) is 26.7 Å². The lowest BCUT2D eigenvalue weighted by molar-refractivity contribution is 0.112. The number of nitrogens with zero attached hydrogens (tertiary/aromatic N) is 2. The van der Waals surface area contributed by atoms with E-state index in [0.717, 1.165) is 58.8 Å². The van der Waals surface area contributed by atoms with Crippen LogP contribution in [0.1, 0.15) is 34.8 Å². The van der Waals surface area contributed by atoms with Crippen molar-refractivity contribution in [1.29, 1.82) is 0 Å². The van der Waals surface area contributed by atoms with Crippen molar-refractivity contribution in [3.8, 4) is 11.1 Å². The summed E-state index contributed by atoms with van der Waals surface area (Å²) < 4.78 is 0. The highest BCUT2D eigenvalue weighted by molar-refractivity contribution is 5.93. The van der Waals surface area contributed by atoms with Crippen LogP contribution in [0.4, 0.5) is 11.8 Å². The molecule has 0 spiro atoms. The minimum atomic E-state index is 0.240. The van der Waals surface area contributed by atoms with Crippen LogP contribution in [0.2, 0.25) is 0 Å². The van der Waals surface area contributed by atoms with Gasteiger partial charge in [0.05, 0.1) is 5.52 Å². The van der Waals surface area contributed by atoms with Crippen LogP contribution in [-0.4, -0.2) is 29.8 Å². The first-order valence-corrected chi connectivity index (χ1v) is 8.77. The van der Waals surface area contributed by atoms with E-state index in [-0.39, 0.29) is 12.0 Å². The number of anilines is 2. The Kier molecular flexibility index (Phi) is 4.26. The first kappa shape index (κ1) is 16.5. The molecule has 1 unspecified atom stereocenters. The number of hydrogen-bond acceptors (Lipinski definition) is 6. The molecule has 26 heavy (non-hydrogen) atoms. The standard InChI is InChI=1S/C20H21N5O/c1-22-19-15-7-6-13(10-18(15)24-20(21)25-19)12-4-5-14(11-26)16(9-12)17-3-2-8-23-17/h4-7,9-11,17,23H,2-3,8H2,1H3,(H3,21,22,24,25). The van der Waals surface area contributed by atoms with Gasteiger partial charge in [-0.25, -0.2) is 4.98 Å². The first-order chi connectivity index (χ1) is 12.7. The number of nitrogens with one attached hydrogen (secondary N) is 2. The summed E-state index contributed by atoms with van der Waals surface area (Å²) >= 11 is 0. The number of hydrogen-bond donors (Lipinski definition) is 3. The van der Waals surface area contributed by atoms with Gasteiger partial charge in [-0.2, -0.15) is 4.98 Å². The summed E-state index contributed by atoms with van der Waals surface area (Å²) in [5.41, 5.74) is 10.5. The van der Waals surface area contributed by atoms with Crippen molar-refractivity contribution in [2.75, 3.05) is 24.6 Å². The van der Waals surface area contributed by atoms with Crippen molar-refractivity contribution in [3.63, 3.8) is 0 Å². The third-order valence-electron chi connectivity index (χ3n) is 4.93. The van der Waals surface area contributed by atoms with Gasteiger partial charge in [-0.15, -0.1) is 0 Å². The number of aromatic nitrogens is 2. The fourth-order valence-electron chi connectivity index (χ4n) is 3.63. The van der Waals surface area contributed by atoms with Gasteiger partial charge in [0.25, 0.3) is 0 Å². The van der Waals surface area contributed by atoms with E-state index in [1.54, 1.807) is 0 Å². The zero-order valence-corrected chi connectivity index (χ0v) is 14.6. The van der Waals surface area contributed by atoms with Crippen molar-refractivity contribution in [2.24, 2.45) is 0 Å². The molecule has 1 fully saturated rings. The Morgan fingerprint density at radius 1 is 1.19 bits per heavy atom. The van der Waals surface area contributed by atoms with Crippen LogP contribution in [0.5, 0.6) is 0 Å². The smallest absolute Gasteiger partial charge is 0.222 e. The van der Waals surface area contributed by atoms with Crippen LogP contribution in [0, 0.1) is 0 Å². The van der Waals surface area contributed by atoms with E-state index in [1.807, 2.05) is 37.4 Å². The molecular formula is C20H21N5O. The zero-order chi connectivity index (χ0) is 18.1. The minimum absolute atomic E-state index is 0.240. The van der Waals surface area contributed by atoms with Crippen LogP contribution in [-0.2, 0) is 0 Å². The van der Waals surface area contributed by atoms with Gasteiger partial charge < -0.3 is 16.4 Å². The molecule has 3 aromatic rings. The highest BCUT2D eigenvalue weighted by Crippen LogP contribution is 2.32. The van der Waals surface area contributed by atoms with Crippen molar-refractivity contribution in [1.82, 2.24) is 15.3 Å². The summed E-state index contributed by atoms with van der Waals surface area (Å²) in [5.74, 6) is 0.956. The molecule has 0 radical (unpaired) electrons. The summed E-state index contributed by atoms with van der Waals surface area (Å²) in [6, 6.07) is 12.3. The maximum absolute atomic E-state index is 11.4.